The summed E-state index contributed by atoms with van der Waals surface area (Å²) in [5, 5.41) is 3.16. The average molecular weight is 197 g/mol. The largest absolute Gasteiger partial charge is 0.472 e. The summed E-state index contributed by atoms with van der Waals surface area (Å²) in [6.45, 7) is 4.24. The van der Waals surface area contributed by atoms with Crippen molar-refractivity contribution in [2.75, 3.05) is 19.7 Å². The van der Waals surface area contributed by atoms with E-state index in [2.05, 4.69) is 22.2 Å². The second kappa shape index (κ2) is 6.15. The summed E-state index contributed by atoms with van der Waals surface area (Å²) in [6.07, 6.45) is 4.06. The Kier molecular flexibility index (Phi) is 4.71. The standard InChI is InChI=1S/C9H15N3O2/c1-2-3-10-6-7-14-9-8(13)11-4-5-12-9/h4-5,10H,2-3,6-7H2,1H3,(H,11,13). The Hall–Kier alpha value is -1.36. The van der Waals surface area contributed by atoms with Crippen molar-refractivity contribution < 1.29 is 4.74 Å². The van der Waals surface area contributed by atoms with Gasteiger partial charge in [0, 0.05) is 18.9 Å². The van der Waals surface area contributed by atoms with Crippen LogP contribution in [0.4, 0.5) is 0 Å². The van der Waals surface area contributed by atoms with E-state index in [9.17, 15) is 4.79 Å². The molecule has 1 rings (SSSR count). The first kappa shape index (κ1) is 10.7. The van der Waals surface area contributed by atoms with Crippen molar-refractivity contribution in [3.8, 4) is 5.88 Å². The second-order valence-corrected chi connectivity index (χ2v) is 2.82. The van der Waals surface area contributed by atoms with Gasteiger partial charge in [-0.2, -0.15) is 0 Å². The molecule has 0 saturated carbocycles. The predicted octanol–water partition coefficient (Wildman–Crippen LogP) is 0.148. The molecule has 0 aromatic carbocycles. The lowest BCUT2D eigenvalue weighted by Gasteiger charge is -2.04. The van der Waals surface area contributed by atoms with E-state index in [1.807, 2.05) is 0 Å². The second-order valence-electron chi connectivity index (χ2n) is 2.82. The Morgan fingerprint density at radius 2 is 2.43 bits per heavy atom. The van der Waals surface area contributed by atoms with Crippen LogP contribution in [0.25, 0.3) is 0 Å². The molecule has 0 amide bonds. The molecule has 1 aromatic rings. The summed E-state index contributed by atoms with van der Waals surface area (Å²) in [7, 11) is 0. The zero-order valence-corrected chi connectivity index (χ0v) is 8.25. The maximum Gasteiger partial charge on any atom is 0.310 e. The average Bonchev–Trinajstić information content (AvgIpc) is 2.20. The van der Waals surface area contributed by atoms with Crippen LogP contribution in [-0.4, -0.2) is 29.7 Å². The quantitative estimate of drug-likeness (QED) is 0.637. The molecule has 0 aliphatic heterocycles. The Bertz CT molecular complexity index is 311. The van der Waals surface area contributed by atoms with E-state index in [1.54, 1.807) is 0 Å². The van der Waals surface area contributed by atoms with Crippen LogP contribution in [0.1, 0.15) is 13.3 Å². The van der Waals surface area contributed by atoms with Crippen LogP contribution in [0.15, 0.2) is 17.2 Å². The maximum absolute atomic E-state index is 11.1. The molecule has 0 bridgehead atoms. The number of ether oxygens (including phenoxy) is 1. The zero-order valence-electron chi connectivity index (χ0n) is 8.25. The molecular formula is C9H15N3O2. The van der Waals surface area contributed by atoms with E-state index in [0.717, 1.165) is 19.5 Å². The van der Waals surface area contributed by atoms with Crippen LogP contribution >= 0.6 is 0 Å². The van der Waals surface area contributed by atoms with Crippen molar-refractivity contribution in [1.82, 2.24) is 15.3 Å². The van der Waals surface area contributed by atoms with Gasteiger partial charge in [0.05, 0.1) is 0 Å². The summed E-state index contributed by atoms with van der Waals surface area (Å²) in [6, 6.07) is 0. The van der Waals surface area contributed by atoms with Gasteiger partial charge in [-0.1, -0.05) is 6.92 Å². The van der Waals surface area contributed by atoms with Crippen LogP contribution < -0.4 is 15.6 Å². The Morgan fingerprint density at radius 3 is 3.14 bits per heavy atom. The number of H-pyrrole nitrogens is 1. The fourth-order valence-corrected chi connectivity index (χ4v) is 0.963. The summed E-state index contributed by atoms with van der Waals surface area (Å²) in [5.74, 6) is 0.130. The topological polar surface area (TPSA) is 67.0 Å². The minimum absolute atomic E-state index is 0.130. The van der Waals surface area contributed by atoms with Crippen molar-refractivity contribution in [3.63, 3.8) is 0 Å². The van der Waals surface area contributed by atoms with Crippen molar-refractivity contribution in [1.29, 1.82) is 0 Å². The third-order valence-corrected chi connectivity index (χ3v) is 1.62. The normalized spacial score (nSPS) is 10.1. The van der Waals surface area contributed by atoms with Crippen LogP contribution in [0.3, 0.4) is 0 Å². The Labute approximate surface area is 82.5 Å². The van der Waals surface area contributed by atoms with Gasteiger partial charge in [-0.15, -0.1) is 0 Å². The number of aromatic nitrogens is 2. The summed E-state index contributed by atoms with van der Waals surface area (Å²) >= 11 is 0. The molecule has 5 heteroatoms. The first-order valence-electron chi connectivity index (χ1n) is 4.71. The van der Waals surface area contributed by atoms with E-state index >= 15 is 0 Å². The van der Waals surface area contributed by atoms with Crippen LogP contribution in [0.2, 0.25) is 0 Å². The van der Waals surface area contributed by atoms with Gasteiger partial charge < -0.3 is 15.0 Å². The molecule has 78 valence electrons. The van der Waals surface area contributed by atoms with Gasteiger partial charge in [-0.25, -0.2) is 4.98 Å². The molecule has 0 aliphatic carbocycles. The lowest BCUT2D eigenvalue weighted by atomic mass is 10.5. The van der Waals surface area contributed by atoms with Gasteiger partial charge >= 0.3 is 5.56 Å². The monoisotopic (exact) mass is 197 g/mol. The molecule has 0 spiro atoms. The highest BCUT2D eigenvalue weighted by Gasteiger charge is 1.98. The molecule has 5 nitrogen and oxygen atoms in total. The Balaban J connectivity index is 2.25. The first-order valence-corrected chi connectivity index (χ1v) is 4.71. The van der Waals surface area contributed by atoms with Crippen molar-refractivity contribution in [3.05, 3.63) is 22.7 Å². The highest BCUT2D eigenvalue weighted by Crippen LogP contribution is 1.91. The van der Waals surface area contributed by atoms with E-state index in [4.69, 9.17) is 4.74 Å². The number of nitrogens with zero attached hydrogens (tertiary/aromatic N) is 1. The molecule has 0 atom stereocenters. The van der Waals surface area contributed by atoms with E-state index in [1.165, 1.54) is 12.4 Å². The zero-order chi connectivity index (χ0) is 10.2. The molecule has 1 heterocycles. The van der Waals surface area contributed by atoms with Gasteiger partial charge in [0.2, 0.25) is 0 Å². The molecule has 0 aliphatic rings. The molecule has 1 aromatic heterocycles. The predicted molar refractivity (Wildman–Crippen MR) is 53.5 cm³/mol. The fourth-order valence-electron chi connectivity index (χ4n) is 0.963. The van der Waals surface area contributed by atoms with Gasteiger partial charge in [-0.3, -0.25) is 4.79 Å². The fraction of sp³-hybridized carbons (Fsp3) is 0.556. The van der Waals surface area contributed by atoms with Crippen molar-refractivity contribution >= 4 is 0 Å². The van der Waals surface area contributed by atoms with Crippen LogP contribution in [0, 0.1) is 0 Å². The molecule has 0 unspecified atom stereocenters. The molecule has 2 N–H and O–H groups in total. The molecular weight excluding hydrogens is 182 g/mol. The van der Waals surface area contributed by atoms with Crippen molar-refractivity contribution in [2.24, 2.45) is 0 Å². The summed E-state index contributed by atoms with van der Waals surface area (Å²) in [5.41, 5.74) is -0.289. The van der Waals surface area contributed by atoms with Crippen LogP contribution in [0.5, 0.6) is 5.88 Å². The number of hydrogen-bond acceptors (Lipinski definition) is 4. The Morgan fingerprint density at radius 1 is 1.57 bits per heavy atom. The summed E-state index contributed by atoms with van der Waals surface area (Å²) in [4.78, 5) is 17.4. The molecule has 0 radical (unpaired) electrons. The number of aromatic amines is 1. The first-order chi connectivity index (χ1) is 6.84. The van der Waals surface area contributed by atoms with Gasteiger partial charge in [0.25, 0.3) is 5.88 Å². The number of nitrogens with one attached hydrogen (secondary N) is 2. The minimum Gasteiger partial charge on any atom is -0.472 e. The number of hydrogen-bond donors (Lipinski definition) is 2. The molecule has 0 fully saturated rings. The van der Waals surface area contributed by atoms with Gasteiger partial charge in [-0.05, 0) is 13.0 Å². The van der Waals surface area contributed by atoms with Gasteiger partial charge in [0.15, 0.2) is 0 Å². The third kappa shape index (κ3) is 3.57. The third-order valence-electron chi connectivity index (χ3n) is 1.62. The van der Waals surface area contributed by atoms with Crippen molar-refractivity contribution in [2.45, 2.75) is 13.3 Å². The highest BCUT2D eigenvalue weighted by atomic mass is 16.5. The van der Waals surface area contributed by atoms with Gasteiger partial charge in [0.1, 0.15) is 6.61 Å². The summed E-state index contributed by atoms with van der Waals surface area (Å²) < 4.78 is 5.17. The smallest absolute Gasteiger partial charge is 0.310 e. The highest BCUT2D eigenvalue weighted by molar-refractivity contribution is 5.01. The number of rotatable bonds is 6. The maximum atomic E-state index is 11.1. The molecule has 14 heavy (non-hydrogen) atoms. The SMILES string of the molecule is CCCNCCOc1ncc[nH]c1=O. The van der Waals surface area contributed by atoms with Crippen LogP contribution in [-0.2, 0) is 0 Å². The van der Waals surface area contributed by atoms with E-state index in [0.29, 0.717) is 6.61 Å². The molecule has 0 saturated heterocycles. The lowest BCUT2D eigenvalue weighted by molar-refractivity contribution is 0.298. The minimum atomic E-state index is -0.289. The van der Waals surface area contributed by atoms with E-state index < -0.39 is 0 Å². The van der Waals surface area contributed by atoms with E-state index in [-0.39, 0.29) is 11.4 Å². The lowest BCUT2D eigenvalue weighted by Crippen LogP contribution is -2.23.